The number of nitrogens with zero attached hydrogens (tertiary/aromatic N) is 1. The summed E-state index contributed by atoms with van der Waals surface area (Å²) in [6.45, 7) is 6.49. The molecule has 0 radical (unpaired) electrons. The summed E-state index contributed by atoms with van der Waals surface area (Å²) in [5.74, 6) is -0.210. The highest BCUT2D eigenvalue weighted by Gasteiger charge is 2.30. The predicted octanol–water partition coefficient (Wildman–Crippen LogP) is 6.68. The maximum Gasteiger partial charge on any atom is 0.416 e. The van der Waals surface area contributed by atoms with E-state index in [9.17, 15) is 18.0 Å². The molecular weight excluding hydrogens is 427 g/mol. The van der Waals surface area contributed by atoms with Gasteiger partial charge in [-0.25, -0.2) is 0 Å². The van der Waals surface area contributed by atoms with Gasteiger partial charge in [-0.05, 0) is 73.7 Å². The number of hydrogen-bond donors (Lipinski definition) is 0. The van der Waals surface area contributed by atoms with Gasteiger partial charge in [-0.1, -0.05) is 48.5 Å². The van der Waals surface area contributed by atoms with Crippen molar-refractivity contribution in [2.24, 2.45) is 0 Å². The molecule has 0 N–H and O–H groups in total. The summed E-state index contributed by atoms with van der Waals surface area (Å²) >= 11 is 0. The molecule has 0 aromatic heterocycles. The van der Waals surface area contributed by atoms with Gasteiger partial charge in [0.15, 0.2) is 6.10 Å². The monoisotopic (exact) mass is 455 g/mol. The molecular formula is C27H28F3NO2. The molecule has 0 saturated heterocycles. The largest absolute Gasteiger partial charge is 0.416 e. The van der Waals surface area contributed by atoms with Crippen LogP contribution in [0.3, 0.4) is 0 Å². The number of rotatable bonds is 8. The smallest absolute Gasteiger partial charge is 0.364 e. The number of anilines is 1. The fourth-order valence-corrected chi connectivity index (χ4v) is 3.61. The van der Waals surface area contributed by atoms with Crippen LogP contribution in [0.5, 0.6) is 0 Å². The van der Waals surface area contributed by atoms with Crippen molar-refractivity contribution < 1.29 is 22.7 Å². The molecule has 33 heavy (non-hydrogen) atoms. The van der Waals surface area contributed by atoms with Crippen LogP contribution in [0.4, 0.5) is 18.9 Å². The Hall–Kier alpha value is -3.12. The van der Waals surface area contributed by atoms with E-state index in [2.05, 4.69) is 0 Å². The lowest BCUT2D eigenvalue weighted by Crippen LogP contribution is -2.38. The van der Waals surface area contributed by atoms with Gasteiger partial charge >= 0.3 is 6.18 Å². The van der Waals surface area contributed by atoms with E-state index in [0.29, 0.717) is 19.6 Å². The average Bonchev–Trinajstić information content (AvgIpc) is 2.80. The molecule has 3 rings (SSSR count). The minimum absolute atomic E-state index is 0.210. The molecule has 3 aromatic carbocycles. The van der Waals surface area contributed by atoms with Gasteiger partial charge in [0.1, 0.15) is 0 Å². The van der Waals surface area contributed by atoms with Gasteiger partial charge in [-0.3, -0.25) is 4.79 Å². The quantitative estimate of drug-likeness (QED) is 0.379. The summed E-state index contributed by atoms with van der Waals surface area (Å²) in [5, 5.41) is 0. The Balaban J connectivity index is 1.90. The maximum absolute atomic E-state index is 13.7. The van der Waals surface area contributed by atoms with E-state index < -0.39 is 17.8 Å². The summed E-state index contributed by atoms with van der Waals surface area (Å²) in [6.07, 6.45) is -4.74. The Morgan fingerprint density at radius 3 is 2.18 bits per heavy atom. The number of amides is 1. The third-order valence-corrected chi connectivity index (χ3v) is 5.63. The summed E-state index contributed by atoms with van der Waals surface area (Å²) in [6, 6.07) is 20.2. The van der Waals surface area contributed by atoms with Crippen LogP contribution in [-0.2, 0) is 22.1 Å². The van der Waals surface area contributed by atoms with Crippen LogP contribution in [0.25, 0.3) is 0 Å². The number of carbonyl (C=O) groups is 1. The summed E-state index contributed by atoms with van der Waals surface area (Å²) in [5.41, 5.74) is 3.68. The molecule has 1 atom stereocenters. The van der Waals surface area contributed by atoms with Gasteiger partial charge in [0.2, 0.25) is 0 Å². The first-order chi connectivity index (χ1) is 15.7. The first-order valence-corrected chi connectivity index (χ1v) is 10.9. The third kappa shape index (κ3) is 6.23. The highest BCUT2D eigenvalue weighted by atomic mass is 19.4. The van der Waals surface area contributed by atoms with Crippen LogP contribution in [0.15, 0.2) is 72.8 Å². The van der Waals surface area contributed by atoms with Gasteiger partial charge in [0, 0.05) is 18.8 Å². The zero-order valence-electron chi connectivity index (χ0n) is 19.0. The molecule has 0 aliphatic heterocycles. The van der Waals surface area contributed by atoms with Gasteiger partial charge in [-0.2, -0.15) is 13.2 Å². The van der Waals surface area contributed by atoms with Crippen LogP contribution < -0.4 is 4.90 Å². The zero-order valence-corrected chi connectivity index (χ0v) is 19.0. The van der Waals surface area contributed by atoms with Gasteiger partial charge in [-0.15, -0.1) is 0 Å². The third-order valence-electron chi connectivity index (χ3n) is 5.63. The standard InChI is InChI=1S/C27H28F3NO2/c1-4-33-25(22-8-6-5-7-9-22)26(32)31(24-15-10-19(2)20(3)18-24)17-16-21-11-13-23(14-12-21)27(28,29)30/h5-15,18,25H,4,16-17H2,1-3H3/t25-/m0/s1. The van der Waals surface area contributed by atoms with Crippen LogP contribution in [0, 0.1) is 13.8 Å². The van der Waals surface area contributed by atoms with E-state index in [1.807, 2.05) is 69.3 Å². The Kier molecular flexibility index (Phi) is 7.92. The Morgan fingerprint density at radius 2 is 1.61 bits per heavy atom. The van der Waals surface area contributed by atoms with E-state index in [1.165, 1.54) is 12.1 Å². The molecule has 174 valence electrons. The van der Waals surface area contributed by atoms with Crippen LogP contribution in [0.2, 0.25) is 0 Å². The molecule has 0 aliphatic rings. The lowest BCUT2D eigenvalue weighted by Gasteiger charge is -2.28. The number of halogens is 3. The second-order valence-corrected chi connectivity index (χ2v) is 7.95. The number of aryl methyl sites for hydroxylation is 2. The molecule has 1 amide bonds. The topological polar surface area (TPSA) is 29.5 Å². The average molecular weight is 456 g/mol. The number of ether oxygens (including phenoxy) is 1. The molecule has 0 heterocycles. The number of carbonyl (C=O) groups excluding carboxylic acids is 1. The molecule has 0 unspecified atom stereocenters. The van der Waals surface area contributed by atoms with Crippen molar-refractivity contribution in [3.05, 3.63) is 101 Å². The van der Waals surface area contributed by atoms with Crippen molar-refractivity contribution in [1.29, 1.82) is 0 Å². The van der Waals surface area contributed by atoms with Crippen molar-refractivity contribution in [1.82, 2.24) is 0 Å². The van der Waals surface area contributed by atoms with Gasteiger partial charge in [0.25, 0.3) is 5.91 Å². The van der Waals surface area contributed by atoms with E-state index in [0.717, 1.165) is 40.1 Å². The van der Waals surface area contributed by atoms with Crippen LogP contribution >= 0.6 is 0 Å². The lowest BCUT2D eigenvalue weighted by molar-refractivity contribution is -0.137. The SMILES string of the molecule is CCO[C@H](C(=O)N(CCc1ccc(C(F)(F)F)cc1)c1ccc(C)c(C)c1)c1ccccc1. The lowest BCUT2D eigenvalue weighted by atomic mass is 10.0. The van der Waals surface area contributed by atoms with Crippen molar-refractivity contribution in [2.75, 3.05) is 18.1 Å². The second kappa shape index (κ2) is 10.7. The normalized spacial score (nSPS) is 12.4. The second-order valence-electron chi connectivity index (χ2n) is 7.95. The number of benzene rings is 3. The Labute approximate surface area is 192 Å². The van der Waals surface area contributed by atoms with Gasteiger partial charge < -0.3 is 9.64 Å². The van der Waals surface area contributed by atoms with E-state index in [4.69, 9.17) is 4.74 Å². The molecule has 0 aliphatic carbocycles. The zero-order chi connectivity index (χ0) is 24.0. The highest BCUT2D eigenvalue weighted by Crippen LogP contribution is 2.30. The van der Waals surface area contributed by atoms with Gasteiger partial charge in [0.05, 0.1) is 5.56 Å². The first kappa shape index (κ1) is 24.5. The molecule has 3 aromatic rings. The number of hydrogen-bond acceptors (Lipinski definition) is 2. The maximum atomic E-state index is 13.7. The van der Waals surface area contributed by atoms with Crippen molar-refractivity contribution in [3.8, 4) is 0 Å². The fourth-order valence-electron chi connectivity index (χ4n) is 3.61. The predicted molar refractivity (Wildman–Crippen MR) is 124 cm³/mol. The highest BCUT2D eigenvalue weighted by molar-refractivity contribution is 5.97. The fraction of sp³-hybridized carbons (Fsp3) is 0.296. The minimum Gasteiger partial charge on any atom is -0.364 e. The molecule has 0 fully saturated rings. The van der Waals surface area contributed by atoms with Crippen molar-refractivity contribution in [3.63, 3.8) is 0 Å². The van der Waals surface area contributed by atoms with E-state index in [-0.39, 0.29) is 5.91 Å². The molecule has 0 bridgehead atoms. The summed E-state index contributed by atoms with van der Waals surface area (Å²) < 4.78 is 44.5. The Morgan fingerprint density at radius 1 is 0.939 bits per heavy atom. The van der Waals surface area contributed by atoms with Crippen molar-refractivity contribution in [2.45, 2.75) is 39.5 Å². The molecule has 0 saturated carbocycles. The minimum atomic E-state index is -4.37. The summed E-state index contributed by atoms with van der Waals surface area (Å²) in [4.78, 5) is 15.4. The van der Waals surface area contributed by atoms with Crippen LogP contribution in [0.1, 0.15) is 40.8 Å². The van der Waals surface area contributed by atoms with E-state index >= 15 is 0 Å². The molecule has 6 heteroatoms. The first-order valence-electron chi connectivity index (χ1n) is 10.9. The van der Waals surface area contributed by atoms with E-state index in [1.54, 1.807) is 4.90 Å². The molecule has 0 spiro atoms. The van der Waals surface area contributed by atoms with Crippen molar-refractivity contribution >= 4 is 11.6 Å². The number of alkyl halides is 3. The summed E-state index contributed by atoms with van der Waals surface area (Å²) in [7, 11) is 0. The Bertz CT molecular complexity index is 1060. The molecule has 3 nitrogen and oxygen atoms in total. The van der Waals surface area contributed by atoms with Crippen LogP contribution in [-0.4, -0.2) is 19.1 Å².